The van der Waals surface area contributed by atoms with E-state index in [0.717, 1.165) is 24.2 Å². The van der Waals surface area contributed by atoms with E-state index in [9.17, 15) is 5.11 Å². The van der Waals surface area contributed by atoms with E-state index in [2.05, 4.69) is 12.1 Å². The molecule has 3 rings (SSSR count). The number of hydrogen-bond acceptors (Lipinski definition) is 2. The van der Waals surface area contributed by atoms with E-state index < -0.39 is 6.10 Å². The van der Waals surface area contributed by atoms with Crippen LogP contribution in [0.3, 0.4) is 0 Å². The molecule has 0 saturated heterocycles. The maximum absolute atomic E-state index is 9.86. The summed E-state index contributed by atoms with van der Waals surface area (Å²) in [6.07, 6.45) is 3.03. The number of fused-ring (bicyclic) bond motifs is 2. The summed E-state index contributed by atoms with van der Waals surface area (Å²) in [5.41, 5.74) is 3.80. The van der Waals surface area contributed by atoms with Crippen LogP contribution >= 0.6 is 0 Å². The van der Waals surface area contributed by atoms with Crippen LogP contribution in [0.2, 0.25) is 0 Å². The van der Waals surface area contributed by atoms with E-state index >= 15 is 0 Å². The molecule has 0 fully saturated rings. The highest BCUT2D eigenvalue weighted by molar-refractivity contribution is 5.48. The lowest BCUT2D eigenvalue weighted by Gasteiger charge is -2.06. The minimum atomic E-state index is -0.434. The maximum Gasteiger partial charge on any atom is 0.126 e. The quantitative estimate of drug-likeness (QED) is 0.678. The van der Waals surface area contributed by atoms with E-state index in [-0.39, 0.29) is 6.10 Å². The summed E-state index contributed by atoms with van der Waals surface area (Å²) in [6.45, 7) is 1.91. The van der Waals surface area contributed by atoms with E-state index in [1.807, 2.05) is 6.92 Å². The molecule has 1 aromatic carbocycles. The highest BCUT2D eigenvalue weighted by Crippen LogP contribution is 2.40. The first kappa shape index (κ1) is 8.30. The molecule has 1 N–H and O–H groups in total. The van der Waals surface area contributed by atoms with Gasteiger partial charge in [0.1, 0.15) is 18.0 Å². The van der Waals surface area contributed by atoms with E-state index in [1.165, 1.54) is 17.5 Å². The molecule has 2 atom stereocenters. The fourth-order valence-electron chi connectivity index (χ4n) is 2.47. The number of aliphatic hydroxyl groups excluding tert-OH is 1. The standard InChI is InChI=1S/C12H14O2/c1-7-12(13)10-5-8-3-2-4-9(8)6-11(10)14-7/h5-7,12-13H,2-4H2,1H3. The minimum absolute atomic E-state index is 0.0903. The second-order valence-electron chi connectivity index (χ2n) is 4.28. The van der Waals surface area contributed by atoms with Gasteiger partial charge in [-0.05, 0) is 49.4 Å². The lowest BCUT2D eigenvalue weighted by molar-refractivity contribution is 0.0795. The summed E-state index contributed by atoms with van der Waals surface area (Å²) in [7, 11) is 0. The third-order valence-electron chi connectivity index (χ3n) is 3.30. The molecule has 2 heteroatoms. The van der Waals surface area contributed by atoms with Gasteiger partial charge >= 0.3 is 0 Å². The van der Waals surface area contributed by atoms with Crippen LogP contribution in [0.25, 0.3) is 0 Å². The first-order valence-electron chi connectivity index (χ1n) is 5.26. The average molecular weight is 190 g/mol. The zero-order chi connectivity index (χ0) is 9.71. The van der Waals surface area contributed by atoms with Crippen molar-refractivity contribution in [3.05, 3.63) is 28.8 Å². The lowest BCUT2D eigenvalue weighted by Crippen LogP contribution is -2.12. The van der Waals surface area contributed by atoms with Gasteiger partial charge in [-0.2, -0.15) is 0 Å². The summed E-state index contributed by atoms with van der Waals surface area (Å²) in [5, 5.41) is 9.86. The monoisotopic (exact) mass is 190 g/mol. The summed E-state index contributed by atoms with van der Waals surface area (Å²) < 4.78 is 5.59. The Bertz CT molecular complexity index is 384. The zero-order valence-corrected chi connectivity index (χ0v) is 8.29. The van der Waals surface area contributed by atoms with Crippen LogP contribution in [-0.4, -0.2) is 11.2 Å². The Morgan fingerprint density at radius 1 is 1.29 bits per heavy atom. The molecule has 14 heavy (non-hydrogen) atoms. The number of aryl methyl sites for hydroxylation is 2. The first-order valence-corrected chi connectivity index (χ1v) is 5.26. The van der Waals surface area contributed by atoms with Crippen molar-refractivity contribution in [1.29, 1.82) is 0 Å². The molecule has 0 radical (unpaired) electrons. The SMILES string of the molecule is CC1Oc2cc3c(cc2C1O)CCC3. The Morgan fingerprint density at radius 3 is 2.79 bits per heavy atom. The zero-order valence-electron chi connectivity index (χ0n) is 8.29. The Hall–Kier alpha value is -1.02. The summed E-state index contributed by atoms with van der Waals surface area (Å²) >= 11 is 0. The molecule has 2 nitrogen and oxygen atoms in total. The predicted molar refractivity (Wildman–Crippen MR) is 53.5 cm³/mol. The van der Waals surface area contributed by atoms with Gasteiger partial charge in [-0.1, -0.05) is 0 Å². The summed E-state index contributed by atoms with van der Waals surface area (Å²) in [4.78, 5) is 0. The molecule has 1 aliphatic carbocycles. The number of ether oxygens (including phenoxy) is 1. The normalized spacial score (nSPS) is 28.4. The lowest BCUT2D eigenvalue weighted by atomic mass is 10.0. The van der Waals surface area contributed by atoms with Crippen LogP contribution in [0.15, 0.2) is 12.1 Å². The van der Waals surface area contributed by atoms with E-state index in [0.29, 0.717) is 0 Å². The average Bonchev–Trinajstić information content (AvgIpc) is 2.70. The Balaban J connectivity index is 2.13. The minimum Gasteiger partial charge on any atom is -0.487 e. The van der Waals surface area contributed by atoms with Crippen molar-refractivity contribution in [2.45, 2.75) is 38.4 Å². The maximum atomic E-state index is 9.86. The predicted octanol–water partition coefficient (Wildman–Crippen LogP) is 1.99. The molecule has 0 amide bonds. The van der Waals surface area contributed by atoms with E-state index in [4.69, 9.17) is 4.74 Å². The Kier molecular flexibility index (Phi) is 1.62. The smallest absolute Gasteiger partial charge is 0.126 e. The number of hydrogen-bond donors (Lipinski definition) is 1. The second kappa shape index (κ2) is 2.74. The molecule has 0 aromatic heterocycles. The van der Waals surface area contributed by atoms with Crippen molar-refractivity contribution in [3.63, 3.8) is 0 Å². The molecule has 2 unspecified atom stereocenters. The largest absolute Gasteiger partial charge is 0.487 e. The molecule has 1 heterocycles. The van der Waals surface area contributed by atoms with Crippen molar-refractivity contribution >= 4 is 0 Å². The molecular weight excluding hydrogens is 176 g/mol. The van der Waals surface area contributed by atoms with Crippen molar-refractivity contribution < 1.29 is 9.84 Å². The highest BCUT2D eigenvalue weighted by Gasteiger charge is 2.31. The fraction of sp³-hybridized carbons (Fsp3) is 0.500. The van der Waals surface area contributed by atoms with E-state index in [1.54, 1.807) is 0 Å². The molecule has 0 saturated carbocycles. The van der Waals surface area contributed by atoms with Gasteiger partial charge in [0.25, 0.3) is 0 Å². The highest BCUT2D eigenvalue weighted by atomic mass is 16.5. The van der Waals surface area contributed by atoms with Gasteiger partial charge in [-0.3, -0.25) is 0 Å². The first-order chi connectivity index (χ1) is 6.75. The molecule has 1 aliphatic heterocycles. The molecule has 1 aromatic rings. The fourth-order valence-corrected chi connectivity index (χ4v) is 2.47. The van der Waals surface area contributed by atoms with Gasteiger partial charge in [0.05, 0.1) is 0 Å². The van der Waals surface area contributed by atoms with Gasteiger partial charge in [-0.15, -0.1) is 0 Å². The molecule has 0 spiro atoms. The third kappa shape index (κ3) is 1.01. The van der Waals surface area contributed by atoms with Crippen molar-refractivity contribution in [1.82, 2.24) is 0 Å². The Labute approximate surface area is 83.5 Å². The van der Waals surface area contributed by atoms with Gasteiger partial charge in [-0.25, -0.2) is 0 Å². The van der Waals surface area contributed by atoms with Crippen LogP contribution in [0.5, 0.6) is 5.75 Å². The van der Waals surface area contributed by atoms with Gasteiger partial charge in [0.15, 0.2) is 0 Å². The van der Waals surface area contributed by atoms with Gasteiger partial charge in [0, 0.05) is 5.56 Å². The molecule has 0 bridgehead atoms. The van der Waals surface area contributed by atoms with Crippen molar-refractivity contribution in [3.8, 4) is 5.75 Å². The molecule has 74 valence electrons. The molecular formula is C12H14O2. The van der Waals surface area contributed by atoms with Gasteiger partial charge < -0.3 is 9.84 Å². The summed E-state index contributed by atoms with van der Waals surface area (Å²) in [5.74, 6) is 0.894. The van der Waals surface area contributed by atoms with Crippen molar-refractivity contribution in [2.24, 2.45) is 0 Å². The van der Waals surface area contributed by atoms with Crippen LogP contribution in [0, 0.1) is 0 Å². The van der Waals surface area contributed by atoms with Gasteiger partial charge in [0.2, 0.25) is 0 Å². The third-order valence-corrected chi connectivity index (χ3v) is 3.30. The second-order valence-corrected chi connectivity index (χ2v) is 4.28. The van der Waals surface area contributed by atoms with Crippen LogP contribution in [0.4, 0.5) is 0 Å². The molecule has 2 aliphatic rings. The Morgan fingerprint density at radius 2 is 2.00 bits per heavy atom. The summed E-state index contributed by atoms with van der Waals surface area (Å²) in [6, 6.07) is 4.25. The number of rotatable bonds is 0. The van der Waals surface area contributed by atoms with Crippen LogP contribution in [-0.2, 0) is 12.8 Å². The van der Waals surface area contributed by atoms with Crippen LogP contribution in [0.1, 0.15) is 36.1 Å². The number of benzene rings is 1. The number of aliphatic hydroxyl groups is 1. The van der Waals surface area contributed by atoms with Crippen molar-refractivity contribution in [2.75, 3.05) is 0 Å². The topological polar surface area (TPSA) is 29.5 Å². The van der Waals surface area contributed by atoms with Crippen LogP contribution < -0.4 is 4.74 Å².